The van der Waals surface area contributed by atoms with Crippen molar-refractivity contribution < 1.29 is 21.4 Å². The number of alkyl halides is 2. The second-order valence-corrected chi connectivity index (χ2v) is 4.44. The molecule has 0 rings (SSSR count). The summed E-state index contributed by atoms with van der Waals surface area (Å²) < 4.78 is 51.1. The minimum absolute atomic E-state index is 0.293. The van der Waals surface area contributed by atoms with E-state index in [1.807, 2.05) is 0 Å². The smallest absolute Gasteiger partial charge is 0.247 e. The molecule has 0 aliphatic rings. The first-order valence-corrected chi connectivity index (χ1v) is 5.56. The summed E-state index contributed by atoms with van der Waals surface area (Å²) in [6.07, 6.45) is 5.11. The van der Waals surface area contributed by atoms with Gasteiger partial charge in [0.05, 0.1) is 5.75 Å². The maximum absolute atomic E-state index is 12.3. The quantitative estimate of drug-likeness (QED) is 0.502. The highest BCUT2D eigenvalue weighted by Gasteiger charge is 2.35. The molecule has 0 aromatic heterocycles. The lowest BCUT2D eigenvalue weighted by Gasteiger charge is -2.20. The molecule has 0 spiro atoms. The molecule has 0 saturated heterocycles. The zero-order valence-electron chi connectivity index (χ0n) is 7.79. The Bertz CT molecular complexity index is 301. The Labute approximate surface area is 82.6 Å². The van der Waals surface area contributed by atoms with Crippen molar-refractivity contribution in [1.82, 2.24) is 0 Å². The van der Waals surface area contributed by atoms with Gasteiger partial charge < -0.3 is 0 Å². The van der Waals surface area contributed by atoms with Crippen molar-refractivity contribution in [3.05, 3.63) is 0 Å². The van der Waals surface area contributed by atoms with E-state index in [-0.39, 0.29) is 5.75 Å². The maximum atomic E-state index is 12.3. The van der Waals surface area contributed by atoms with E-state index in [9.17, 15) is 17.2 Å². The van der Waals surface area contributed by atoms with E-state index in [0.29, 0.717) is 6.42 Å². The van der Waals surface area contributed by atoms with E-state index in [0.717, 1.165) is 0 Å². The first kappa shape index (κ1) is 13.3. The lowest BCUT2D eigenvalue weighted by molar-refractivity contribution is 0.0775. The molecule has 14 heavy (non-hydrogen) atoms. The minimum Gasteiger partial charge on any atom is -0.247 e. The molecule has 0 fully saturated rings. The highest BCUT2D eigenvalue weighted by Crippen LogP contribution is 2.16. The fourth-order valence-corrected chi connectivity index (χ4v) is 1.92. The Morgan fingerprint density at radius 1 is 1.43 bits per heavy atom. The monoisotopic (exact) mass is 226 g/mol. The Morgan fingerprint density at radius 2 is 1.93 bits per heavy atom. The normalized spacial score (nSPS) is 12.4. The first-order valence-electron chi connectivity index (χ1n) is 3.98. The lowest BCUT2D eigenvalue weighted by atomic mass is 10.1. The summed E-state index contributed by atoms with van der Waals surface area (Å²) in [5.41, 5.74) is -2.28. The van der Waals surface area contributed by atoms with Crippen molar-refractivity contribution in [3.63, 3.8) is 0 Å². The Kier molecular flexibility index (Phi) is 5.02. The highest BCUT2D eigenvalue weighted by molar-refractivity contribution is 7.86. The van der Waals surface area contributed by atoms with Crippen molar-refractivity contribution in [2.24, 2.45) is 0 Å². The number of hydrogen-bond acceptors (Lipinski definition) is 3. The maximum Gasteiger partial charge on any atom is 0.268 e. The fourth-order valence-electron chi connectivity index (χ4n) is 0.716. The van der Waals surface area contributed by atoms with Crippen molar-refractivity contribution in [3.8, 4) is 12.3 Å². The summed E-state index contributed by atoms with van der Waals surface area (Å²) in [5, 5.41) is 0. The van der Waals surface area contributed by atoms with Gasteiger partial charge in [-0.3, -0.25) is 0 Å². The molecule has 0 aliphatic heterocycles. The van der Waals surface area contributed by atoms with Gasteiger partial charge >= 0.3 is 0 Å². The van der Waals surface area contributed by atoms with Crippen molar-refractivity contribution in [1.29, 1.82) is 0 Å². The minimum atomic E-state index is -3.95. The van der Waals surface area contributed by atoms with E-state index in [2.05, 4.69) is 4.18 Å². The van der Waals surface area contributed by atoms with Crippen LogP contribution in [-0.4, -0.2) is 33.1 Å². The third-order valence-corrected chi connectivity index (χ3v) is 2.92. The second kappa shape index (κ2) is 5.27. The Hall–Kier alpha value is -0.670. The Balaban J connectivity index is 4.71. The largest absolute Gasteiger partial charge is 0.268 e. The number of hydrogen-bond donors (Lipinski definition) is 0. The third kappa shape index (κ3) is 3.60. The van der Waals surface area contributed by atoms with Gasteiger partial charge in [0, 0.05) is 0 Å². The van der Waals surface area contributed by atoms with Crippen LogP contribution in [0.4, 0.5) is 8.78 Å². The van der Waals surface area contributed by atoms with Gasteiger partial charge in [-0.05, 0) is 6.42 Å². The van der Waals surface area contributed by atoms with Gasteiger partial charge in [0.15, 0.2) is 0 Å². The summed E-state index contributed by atoms with van der Waals surface area (Å²) in [7, 11) is -3.95. The van der Waals surface area contributed by atoms with Crippen LogP contribution in [0.25, 0.3) is 0 Å². The van der Waals surface area contributed by atoms with Gasteiger partial charge in [-0.25, -0.2) is 13.0 Å². The molecule has 0 saturated carbocycles. The van der Waals surface area contributed by atoms with Gasteiger partial charge in [0.2, 0.25) is 5.60 Å². The molecule has 0 bridgehead atoms. The standard InChI is InChI=1S/C8H12F2O3S/c1-3-5-14(11,12)13-8(4-2,6-9)7-10/h2H,3,5-7H2,1H3. The second-order valence-electron chi connectivity index (χ2n) is 2.75. The van der Waals surface area contributed by atoms with Gasteiger partial charge in [-0.2, -0.15) is 8.42 Å². The van der Waals surface area contributed by atoms with E-state index < -0.39 is 29.1 Å². The van der Waals surface area contributed by atoms with Crippen LogP contribution >= 0.6 is 0 Å². The van der Waals surface area contributed by atoms with Gasteiger partial charge in [-0.15, -0.1) is 6.42 Å². The van der Waals surface area contributed by atoms with Crippen LogP contribution in [0.1, 0.15) is 13.3 Å². The fraction of sp³-hybridized carbons (Fsp3) is 0.750. The molecule has 0 amide bonds. The molecule has 0 N–H and O–H groups in total. The molecule has 0 unspecified atom stereocenters. The van der Waals surface area contributed by atoms with E-state index >= 15 is 0 Å². The summed E-state index contributed by atoms with van der Waals surface area (Å²) in [6.45, 7) is -1.14. The molecule has 0 aromatic carbocycles. The van der Waals surface area contributed by atoms with Gasteiger partial charge in [0.25, 0.3) is 10.1 Å². The molecule has 0 aromatic rings. The van der Waals surface area contributed by atoms with E-state index in [1.54, 1.807) is 12.8 Å². The lowest BCUT2D eigenvalue weighted by Crippen LogP contribution is -2.39. The molecule has 0 atom stereocenters. The van der Waals surface area contributed by atoms with Crippen LogP contribution in [0, 0.1) is 12.3 Å². The average molecular weight is 226 g/mol. The molecular weight excluding hydrogens is 214 g/mol. The predicted molar refractivity (Wildman–Crippen MR) is 48.7 cm³/mol. The number of rotatable bonds is 6. The van der Waals surface area contributed by atoms with Crippen LogP contribution in [-0.2, 0) is 14.3 Å². The molecule has 3 nitrogen and oxygen atoms in total. The molecule has 0 radical (unpaired) electrons. The average Bonchev–Trinajstić information content (AvgIpc) is 2.14. The van der Waals surface area contributed by atoms with Crippen LogP contribution in [0.5, 0.6) is 0 Å². The predicted octanol–water partition coefficient (Wildman–Crippen LogP) is 1.05. The summed E-state index contributed by atoms with van der Waals surface area (Å²) in [4.78, 5) is 0. The van der Waals surface area contributed by atoms with Crippen LogP contribution in [0.3, 0.4) is 0 Å². The van der Waals surface area contributed by atoms with E-state index in [4.69, 9.17) is 6.42 Å². The van der Waals surface area contributed by atoms with Gasteiger partial charge in [0.1, 0.15) is 13.3 Å². The molecule has 6 heteroatoms. The van der Waals surface area contributed by atoms with Crippen LogP contribution < -0.4 is 0 Å². The highest BCUT2D eigenvalue weighted by atomic mass is 32.2. The van der Waals surface area contributed by atoms with Crippen LogP contribution in [0.15, 0.2) is 0 Å². The van der Waals surface area contributed by atoms with Gasteiger partial charge in [-0.1, -0.05) is 12.8 Å². The van der Waals surface area contributed by atoms with Crippen molar-refractivity contribution >= 4 is 10.1 Å². The summed E-state index contributed by atoms with van der Waals surface area (Å²) in [6, 6.07) is 0. The summed E-state index contributed by atoms with van der Waals surface area (Å²) >= 11 is 0. The molecule has 82 valence electrons. The van der Waals surface area contributed by atoms with Crippen LogP contribution in [0.2, 0.25) is 0 Å². The summed E-state index contributed by atoms with van der Waals surface area (Å²) in [5.74, 6) is 1.37. The third-order valence-electron chi connectivity index (χ3n) is 1.44. The SMILES string of the molecule is C#CC(CF)(CF)OS(=O)(=O)CCC. The number of halogens is 2. The molecule has 0 heterocycles. The first-order chi connectivity index (χ1) is 6.45. The Morgan fingerprint density at radius 3 is 2.21 bits per heavy atom. The van der Waals surface area contributed by atoms with Crippen molar-refractivity contribution in [2.45, 2.75) is 18.9 Å². The molecule has 0 aliphatic carbocycles. The number of terminal acetylenes is 1. The van der Waals surface area contributed by atoms with Crippen molar-refractivity contribution in [2.75, 3.05) is 19.1 Å². The zero-order chi connectivity index (χ0) is 11.2. The molecular formula is C8H12F2O3S. The topological polar surface area (TPSA) is 43.4 Å². The zero-order valence-corrected chi connectivity index (χ0v) is 8.61. The van der Waals surface area contributed by atoms with E-state index in [1.165, 1.54) is 0 Å².